The summed E-state index contributed by atoms with van der Waals surface area (Å²) in [4.78, 5) is 0. The quantitative estimate of drug-likeness (QED) is 0.627. The van der Waals surface area contributed by atoms with Crippen molar-refractivity contribution in [1.82, 2.24) is 5.43 Å². The van der Waals surface area contributed by atoms with E-state index in [9.17, 15) is 4.39 Å². The number of hydrogen-bond acceptors (Lipinski definition) is 3. The van der Waals surface area contributed by atoms with Crippen LogP contribution in [0.4, 0.5) is 4.39 Å². The first-order valence-electron chi connectivity index (χ1n) is 5.54. The van der Waals surface area contributed by atoms with Crippen molar-refractivity contribution in [3.8, 4) is 0 Å². The lowest BCUT2D eigenvalue weighted by atomic mass is 10.1. The highest BCUT2D eigenvalue weighted by molar-refractivity contribution is 9.10. The third-order valence-corrected chi connectivity index (χ3v) is 3.09. The Bertz CT molecular complexity index is 360. The van der Waals surface area contributed by atoms with Gasteiger partial charge in [0.15, 0.2) is 0 Å². The molecule has 3 N–H and O–H groups in total. The molecule has 0 aromatic heterocycles. The molecule has 0 saturated heterocycles. The summed E-state index contributed by atoms with van der Waals surface area (Å²) in [5.74, 6) is 5.21. The van der Waals surface area contributed by atoms with Gasteiger partial charge in [-0.25, -0.2) is 4.39 Å². The molecule has 0 aliphatic rings. The minimum absolute atomic E-state index is 0.0131. The third-order valence-electron chi connectivity index (χ3n) is 2.35. The average molecular weight is 305 g/mol. The molecule has 96 valence electrons. The standard InChI is InChI=1S/C12H18BrFN2O/c1-8(2)17-7-11(16-15)5-9-3-4-10(14)6-12(9)13/h3-4,6,8,11,16H,5,7,15H2,1-2H3. The first kappa shape index (κ1) is 14.6. The molecular formula is C12H18BrFN2O. The summed E-state index contributed by atoms with van der Waals surface area (Å²) >= 11 is 3.34. The van der Waals surface area contributed by atoms with Crippen molar-refractivity contribution in [3.05, 3.63) is 34.1 Å². The predicted molar refractivity (Wildman–Crippen MR) is 70.0 cm³/mol. The molecular weight excluding hydrogens is 287 g/mol. The highest BCUT2D eigenvalue weighted by Gasteiger charge is 2.11. The number of rotatable bonds is 6. The van der Waals surface area contributed by atoms with Crippen LogP contribution in [0.2, 0.25) is 0 Å². The monoisotopic (exact) mass is 304 g/mol. The average Bonchev–Trinajstić information content (AvgIpc) is 2.26. The number of nitrogens with two attached hydrogens (primary N) is 1. The molecule has 1 aromatic rings. The maximum atomic E-state index is 12.9. The third kappa shape index (κ3) is 5.12. The summed E-state index contributed by atoms with van der Waals surface area (Å²) in [5.41, 5.74) is 3.71. The first-order chi connectivity index (χ1) is 8.02. The molecule has 0 heterocycles. The zero-order valence-electron chi connectivity index (χ0n) is 10.0. The van der Waals surface area contributed by atoms with Gasteiger partial charge in [-0.2, -0.15) is 0 Å². The molecule has 5 heteroatoms. The van der Waals surface area contributed by atoms with E-state index in [1.165, 1.54) is 12.1 Å². The van der Waals surface area contributed by atoms with E-state index >= 15 is 0 Å². The SMILES string of the molecule is CC(C)OCC(Cc1ccc(F)cc1Br)NN. The summed E-state index contributed by atoms with van der Waals surface area (Å²) < 4.78 is 19.2. The summed E-state index contributed by atoms with van der Waals surface area (Å²) in [7, 11) is 0. The smallest absolute Gasteiger partial charge is 0.124 e. The van der Waals surface area contributed by atoms with Gasteiger partial charge in [-0.1, -0.05) is 22.0 Å². The van der Waals surface area contributed by atoms with Gasteiger partial charge in [-0.05, 0) is 38.0 Å². The molecule has 0 bridgehead atoms. The Morgan fingerprint density at radius 1 is 1.47 bits per heavy atom. The van der Waals surface area contributed by atoms with Crippen molar-refractivity contribution in [2.45, 2.75) is 32.4 Å². The van der Waals surface area contributed by atoms with Crippen molar-refractivity contribution in [2.24, 2.45) is 5.84 Å². The van der Waals surface area contributed by atoms with E-state index in [-0.39, 0.29) is 18.0 Å². The molecule has 1 atom stereocenters. The van der Waals surface area contributed by atoms with Crippen molar-refractivity contribution < 1.29 is 9.13 Å². The van der Waals surface area contributed by atoms with Crippen LogP contribution in [0.5, 0.6) is 0 Å². The molecule has 0 aliphatic heterocycles. The van der Waals surface area contributed by atoms with Crippen molar-refractivity contribution >= 4 is 15.9 Å². The molecule has 0 fully saturated rings. The number of halogens is 2. The molecule has 0 spiro atoms. The maximum absolute atomic E-state index is 12.9. The second kappa shape index (κ2) is 7.06. The lowest BCUT2D eigenvalue weighted by Gasteiger charge is -2.18. The Labute approximate surface area is 110 Å². The van der Waals surface area contributed by atoms with Gasteiger partial charge in [0, 0.05) is 10.5 Å². The van der Waals surface area contributed by atoms with E-state index in [1.54, 1.807) is 6.07 Å². The van der Waals surface area contributed by atoms with Gasteiger partial charge in [0.05, 0.1) is 12.7 Å². The Balaban J connectivity index is 2.60. The van der Waals surface area contributed by atoms with Gasteiger partial charge in [-0.15, -0.1) is 0 Å². The Kier molecular flexibility index (Phi) is 6.05. The summed E-state index contributed by atoms with van der Waals surface area (Å²) in [6.45, 7) is 4.47. The van der Waals surface area contributed by atoms with Gasteiger partial charge >= 0.3 is 0 Å². The molecule has 0 saturated carbocycles. The molecule has 1 rings (SSSR count). The fourth-order valence-corrected chi connectivity index (χ4v) is 1.94. The topological polar surface area (TPSA) is 47.3 Å². The minimum atomic E-state index is -0.253. The van der Waals surface area contributed by atoms with Crippen molar-refractivity contribution in [2.75, 3.05) is 6.61 Å². The van der Waals surface area contributed by atoms with Crippen LogP contribution in [0.1, 0.15) is 19.4 Å². The van der Waals surface area contributed by atoms with Crippen molar-refractivity contribution in [1.29, 1.82) is 0 Å². The number of nitrogens with one attached hydrogen (secondary N) is 1. The summed E-state index contributed by atoms with van der Waals surface area (Å²) in [6, 6.07) is 4.65. The Morgan fingerprint density at radius 2 is 2.18 bits per heavy atom. The second-order valence-electron chi connectivity index (χ2n) is 4.19. The Hall–Kier alpha value is -0.490. The van der Waals surface area contributed by atoms with Crippen LogP contribution in [-0.4, -0.2) is 18.8 Å². The fourth-order valence-electron chi connectivity index (χ4n) is 1.43. The zero-order valence-corrected chi connectivity index (χ0v) is 11.6. The lowest BCUT2D eigenvalue weighted by molar-refractivity contribution is 0.0613. The molecule has 1 aromatic carbocycles. The summed E-state index contributed by atoms with van der Waals surface area (Å²) in [6.07, 6.45) is 0.854. The van der Waals surface area contributed by atoms with Crippen LogP contribution in [0.3, 0.4) is 0 Å². The molecule has 0 aliphatic carbocycles. The largest absolute Gasteiger partial charge is 0.377 e. The number of hydrazine groups is 1. The van der Waals surface area contributed by atoms with E-state index in [1.807, 2.05) is 13.8 Å². The first-order valence-corrected chi connectivity index (χ1v) is 6.34. The highest BCUT2D eigenvalue weighted by Crippen LogP contribution is 2.19. The van der Waals surface area contributed by atoms with Gasteiger partial charge in [0.2, 0.25) is 0 Å². The number of hydrogen-bond donors (Lipinski definition) is 2. The highest BCUT2D eigenvalue weighted by atomic mass is 79.9. The fraction of sp³-hybridized carbons (Fsp3) is 0.500. The van der Waals surface area contributed by atoms with Gasteiger partial charge in [0.25, 0.3) is 0 Å². The van der Waals surface area contributed by atoms with Crippen LogP contribution in [0.15, 0.2) is 22.7 Å². The van der Waals surface area contributed by atoms with E-state index in [0.717, 1.165) is 10.0 Å². The molecule has 1 unspecified atom stereocenters. The van der Waals surface area contributed by atoms with Gasteiger partial charge in [0.1, 0.15) is 5.82 Å². The van der Waals surface area contributed by atoms with E-state index in [4.69, 9.17) is 10.6 Å². The molecule has 0 amide bonds. The van der Waals surface area contributed by atoms with Crippen LogP contribution in [0.25, 0.3) is 0 Å². The van der Waals surface area contributed by atoms with Gasteiger partial charge in [-0.3, -0.25) is 11.3 Å². The Morgan fingerprint density at radius 3 is 2.71 bits per heavy atom. The second-order valence-corrected chi connectivity index (χ2v) is 5.04. The normalized spacial score (nSPS) is 13.1. The van der Waals surface area contributed by atoms with E-state index in [2.05, 4.69) is 21.4 Å². The number of ether oxygens (including phenoxy) is 1. The van der Waals surface area contributed by atoms with E-state index in [0.29, 0.717) is 13.0 Å². The maximum Gasteiger partial charge on any atom is 0.124 e. The predicted octanol–water partition coefficient (Wildman–Crippen LogP) is 2.39. The van der Waals surface area contributed by atoms with Gasteiger partial charge < -0.3 is 4.74 Å². The number of benzene rings is 1. The van der Waals surface area contributed by atoms with E-state index < -0.39 is 0 Å². The van der Waals surface area contributed by atoms with Crippen LogP contribution < -0.4 is 11.3 Å². The lowest BCUT2D eigenvalue weighted by Crippen LogP contribution is -2.41. The van der Waals surface area contributed by atoms with Crippen molar-refractivity contribution in [3.63, 3.8) is 0 Å². The van der Waals surface area contributed by atoms with Crippen LogP contribution in [-0.2, 0) is 11.2 Å². The molecule has 0 radical (unpaired) electrons. The van der Waals surface area contributed by atoms with Crippen LogP contribution >= 0.6 is 15.9 Å². The summed E-state index contributed by atoms with van der Waals surface area (Å²) in [5, 5.41) is 0. The molecule has 3 nitrogen and oxygen atoms in total. The minimum Gasteiger partial charge on any atom is -0.377 e. The molecule has 17 heavy (non-hydrogen) atoms. The zero-order chi connectivity index (χ0) is 12.8. The van der Waals surface area contributed by atoms with Crippen LogP contribution in [0, 0.1) is 5.82 Å².